The van der Waals surface area contributed by atoms with Crippen LogP contribution < -0.4 is 5.69 Å². The van der Waals surface area contributed by atoms with E-state index in [-0.39, 0.29) is 18.4 Å². The highest BCUT2D eigenvalue weighted by atomic mass is 16.2. The second-order valence-electron chi connectivity index (χ2n) is 8.28. The van der Waals surface area contributed by atoms with Gasteiger partial charge >= 0.3 is 5.69 Å². The molecule has 1 aliphatic heterocycles. The Morgan fingerprint density at radius 2 is 1.88 bits per heavy atom. The van der Waals surface area contributed by atoms with Crippen molar-refractivity contribution >= 4 is 11.8 Å². The highest BCUT2D eigenvalue weighted by molar-refractivity contribution is 5.89. The number of carbonyl (C=O) groups is 2. The summed E-state index contributed by atoms with van der Waals surface area (Å²) < 4.78 is 1.27. The first-order chi connectivity index (χ1) is 16.0. The molecule has 1 fully saturated rings. The lowest BCUT2D eigenvalue weighted by Gasteiger charge is -2.40. The van der Waals surface area contributed by atoms with Crippen molar-refractivity contribution in [3.63, 3.8) is 0 Å². The fourth-order valence-corrected chi connectivity index (χ4v) is 4.39. The van der Waals surface area contributed by atoms with Crippen molar-refractivity contribution in [2.75, 3.05) is 19.6 Å². The molecule has 33 heavy (non-hydrogen) atoms. The van der Waals surface area contributed by atoms with E-state index in [0.29, 0.717) is 26.1 Å². The van der Waals surface area contributed by atoms with Crippen molar-refractivity contribution in [1.82, 2.24) is 19.4 Å². The zero-order valence-electron chi connectivity index (χ0n) is 19.0. The second-order valence-corrected chi connectivity index (χ2v) is 8.28. The molecule has 0 N–H and O–H groups in total. The van der Waals surface area contributed by atoms with Gasteiger partial charge in [-0.25, -0.2) is 9.78 Å². The van der Waals surface area contributed by atoms with Crippen LogP contribution in [0.25, 0.3) is 11.1 Å². The molecule has 3 aromatic rings. The lowest BCUT2D eigenvalue weighted by Crippen LogP contribution is -2.60. The predicted octanol–water partition coefficient (Wildman–Crippen LogP) is 2.52. The Morgan fingerprint density at radius 3 is 2.64 bits per heavy atom. The molecule has 4 rings (SSSR count). The summed E-state index contributed by atoms with van der Waals surface area (Å²) in [6.07, 6.45) is 3.35. The predicted molar refractivity (Wildman–Crippen MR) is 127 cm³/mol. The van der Waals surface area contributed by atoms with Gasteiger partial charge in [0.2, 0.25) is 11.8 Å². The van der Waals surface area contributed by atoms with E-state index < -0.39 is 11.7 Å². The molecule has 0 aliphatic carbocycles. The molecule has 1 saturated heterocycles. The number of carbonyl (C=O) groups excluding carboxylic acids is 2. The molecule has 7 heteroatoms. The molecule has 0 unspecified atom stereocenters. The molecule has 0 saturated carbocycles. The van der Waals surface area contributed by atoms with Crippen LogP contribution in [0.4, 0.5) is 0 Å². The summed E-state index contributed by atoms with van der Waals surface area (Å²) in [7, 11) is 0. The van der Waals surface area contributed by atoms with Gasteiger partial charge in [-0.1, -0.05) is 54.1 Å². The van der Waals surface area contributed by atoms with Crippen LogP contribution in [0.15, 0.2) is 71.8 Å². The highest BCUT2D eigenvalue weighted by Crippen LogP contribution is 2.27. The molecule has 1 aliphatic rings. The maximum Gasteiger partial charge on any atom is 0.347 e. The van der Waals surface area contributed by atoms with E-state index >= 15 is 0 Å². The lowest BCUT2D eigenvalue weighted by atomic mass is 9.92. The quantitative estimate of drug-likeness (QED) is 0.586. The number of nitrogens with zero attached hydrogens (tertiary/aromatic N) is 4. The third-order valence-electron chi connectivity index (χ3n) is 6.13. The fraction of sp³-hybridized carbons (Fsp3) is 0.308. The van der Waals surface area contributed by atoms with Crippen LogP contribution in [-0.4, -0.2) is 56.8 Å². The van der Waals surface area contributed by atoms with Gasteiger partial charge in [0.15, 0.2) is 0 Å². The normalized spacial score (nSPS) is 16.2. The first-order valence-corrected chi connectivity index (χ1v) is 11.2. The number of benzene rings is 2. The summed E-state index contributed by atoms with van der Waals surface area (Å²) in [5, 5.41) is 0. The maximum absolute atomic E-state index is 13.3. The molecule has 2 heterocycles. The topological polar surface area (TPSA) is 75.5 Å². The van der Waals surface area contributed by atoms with Crippen LogP contribution in [0.5, 0.6) is 0 Å². The maximum atomic E-state index is 13.3. The Hall–Kier alpha value is -3.74. The second kappa shape index (κ2) is 9.81. The van der Waals surface area contributed by atoms with Gasteiger partial charge in [0, 0.05) is 38.4 Å². The van der Waals surface area contributed by atoms with Crippen LogP contribution in [0.2, 0.25) is 0 Å². The van der Waals surface area contributed by atoms with Crippen molar-refractivity contribution in [2.24, 2.45) is 0 Å². The summed E-state index contributed by atoms with van der Waals surface area (Å²) >= 11 is 0. The van der Waals surface area contributed by atoms with Crippen molar-refractivity contribution in [3.8, 4) is 11.1 Å². The molecule has 1 atom stereocenters. The smallest absolute Gasteiger partial charge is 0.339 e. The molecule has 1 aromatic heterocycles. The summed E-state index contributed by atoms with van der Waals surface area (Å²) in [6, 6.07) is 17.3. The minimum atomic E-state index is -0.621. The molecule has 2 amide bonds. The summed E-state index contributed by atoms with van der Waals surface area (Å²) in [5.41, 5.74) is 3.83. The summed E-state index contributed by atoms with van der Waals surface area (Å²) in [5.74, 6) is -0.318. The van der Waals surface area contributed by atoms with E-state index in [0.717, 1.165) is 22.3 Å². The summed E-state index contributed by atoms with van der Waals surface area (Å²) in [4.78, 5) is 45.7. The van der Waals surface area contributed by atoms with E-state index in [2.05, 4.69) is 36.2 Å². The van der Waals surface area contributed by atoms with Crippen LogP contribution in [0, 0.1) is 6.92 Å². The minimum Gasteiger partial charge on any atom is -0.339 e. The van der Waals surface area contributed by atoms with Gasteiger partial charge in [-0.2, -0.15) is 0 Å². The van der Waals surface area contributed by atoms with E-state index in [1.165, 1.54) is 10.8 Å². The number of hydrogen-bond donors (Lipinski definition) is 0. The van der Waals surface area contributed by atoms with Crippen LogP contribution in [-0.2, 0) is 22.6 Å². The monoisotopic (exact) mass is 444 g/mol. The first-order valence-electron chi connectivity index (χ1n) is 11.2. The van der Waals surface area contributed by atoms with Crippen LogP contribution in [0.1, 0.15) is 18.1 Å². The number of hydrogen-bond acceptors (Lipinski definition) is 4. The van der Waals surface area contributed by atoms with Gasteiger partial charge in [0.25, 0.3) is 0 Å². The van der Waals surface area contributed by atoms with Crippen molar-refractivity contribution in [3.05, 3.63) is 88.6 Å². The Balaban J connectivity index is 1.66. The Morgan fingerprint density at radius 1 is 1.06 bits per heavy atom. The molecular formula is C26H28N4O3. The third-order valence-corrected chi connectivity index (χ3v) is 6.13. The van der Waals surface area contributed by atoms with Crippen molar-refractivity contribution in [2.45, 2.75) is 32.9 Å². The first kappa shape index (κ1) is 22.5. The number of amides is 2. The third kappa shape index (κ3) is 4.87. The average Bonchev–Trinajstić information content (AvgIpc) is 2.82. The minimum absolute atomic E-state index is 0.0605. The Kier molecular flexibility index (Phi) is 6.68. The van der Waals surface area contributed by atoms with Gasteiger partial charge in [0.1, 0.15) is 12.6 Å². The van der Waals surface area contributed by atoms with Gasteiger partial charge in [-0.05, 0) is 36.6 Å². The SMILES string of the molecule is CCN1CCN(C(=O)Cn2cccnc2=O)[C@@H](Cc2ccccc2-c2cccc(C)c2)C1=O. The zero-order chi connectivity index (χ0) is 23.4. The van der Waals surface area contributed by atoms with E-state index in [1.54, 1.807) is 22.1 Å². The fourth-order valence-electron chi connectivity index (χ4n) is 4.39. The lowest BCUT2D eigenvalue weighted by molar-refractivity contribution is -0.151. The molecule has 0 spiro atoms. The van der Waals surface area contributed by atoms with Crippen molar-refractivity contribution in [1.29, 1.82) is 0 Å². The van der Waals surface area contributed by atoms with Gasteiger partial charge < -0.3 is 9.80 Å². The van der Waals surface area contributed by atoms with Gasteiger partial charge in [-0.15, -0.1) is 0 Å². The van der Waals surface area contributed by atoms with Crippen LogP contribution in [0.3, 0.4) is 0 Å². The average molecular weight is 445 g/mol. The molecule has 7 nitrogen and oxygen atoms in total. The van der Waals surface area contributed by atoms with Gasteiger partial charge in [0.05, 0.1) is 0 Å². The van der Waals surface area contributed by atoms with E-state index in [9.17, 15) is 14.4 Å². The molecule has 2 aromatic carbocycles. The van der Waals surface area contributed by atoms with E-state index in [4.69, 9.17) is 0 Å². The molecule has 0 bridgehead atoms. The Bertz CT molecular complexity index is 1220. The number of aryl methyl sites for hydroxylation is 1. The largest absolute Gasteiger partial charge is 0.347 e. The van der Waals surface area contributed by atoms with Crippen LogP contribution >= 0.6 is 0 Å². The molecular weight excluding hydrogens is 416 g/mol. The molecule has 170 valence electrons. The van der Waals surface area contributed by atoms with Gasteiger partial charge in [-0.3, -0.25) is 14.2 Å². The Labute approximate surface area is 193 Å². The summed E-state index contributed by atoms with van der Waals surface area (Å²) in [6.45, 7) is 5.38. The number of piperazine rings is 1. The van der Waals surface area contributed by atoms with E-state index in [1.807, 2.05) is 31.2 Å². The number of likely N-dealkylation sites (N-methyl/N-ethyl adjacent to an activating group) is 1. The van der Waals surface area contributed by atoms with Crippen molar-refractivity contribution < 1.29 is 9.59 Å². The number of aromatic nitrogens is 2. The number of rotatable bonds is 6. The molecule has 0 radical (unpaired) electrons. The zero-order valence-corrected chi connectivity index (χ0v) is 19.0. The standard InChI is InChI=1S/C26H28N4O3/c1-3-28-14-15-30(24(31)18-29-13-7-12-27-26(29)33)23(25(28)32)17-21-9-4-5-11-22(21)20-10-6-8-19(2)16-20/h4-13,16,23H,3,14-15,17-18H2,1-2H3/t23-/m0/s1. The highest BCUT2D eigenvalue weighted by Gasteiger charge is 2.37.